The molecule has 1 saturated heterocycles. The lowest BCUT2D eigenvalue weighted by atomic mass is 9.98. The quantitative estimate of drug-likeness (QED) is 0.279. The number of carbonyl (C=O) groups is 1. The molecule has 218 valence electrons. The van der Waals surface area contributed by atoms with Crippen molar-refractivity contribution in [1.29, 1.82) is 0 Å². The van der Waals surface area contributed by atoms with E-state index in [9.17, 15) is 14.3 Å². The third kappa shape index (κ3) is 8.56. The van der Waals surface area contributed by atoms with E-state index in [2.05, 4.69) is 35.6 Å². The highest BCUT2D eigenvalue weighted by molar-refractivity contribution is 6.31. The van der Waals surface area contributed by atoms with Crippen molar-refractivity contribution in [3.8, 4) is 0 Å². The average molecular weight is 585 g/mol. The van der Waals surface area contributed by atoms with Crippen LogP contribution in [0.3, 0.4) is 0 Å². The van der Waals surface area contributed by atoms with Gasteiger partial charge in [-0.1, -0.05) is 17.7 Å². The van der Waals surface area contributed by atoms with Crippen molar-refractivity contribution in [2.45, 2.75) is 33.1 Å². The monoisotopic (exact) mass is 584 g/mol. The number of aliphatic imine (C=N–C) groups is 2. The summed E-state index contributed by atoms with van der Waals surface area (Å²) in [5.41, 5.74) is 4.38. The van der Waals surface area contributed by atoms with Crippen LogP contribution in [-0.2, 0) is 4.74 Å². The van der Waals surface area contributed by atoms with Crippen molar-refractivity contribution in [1.82, 2.24) is 25.3 Å². The fourth-order valence-electron chi connectivity index (χ4n) is 4.37. The van der Waals surface area contributed by atoms with E-state index < -0.39 is 11.7 Å². The predicted octanol–water partition coefficient (Wildman–Crippen LogP) is 4.28. The number of hydrogen-bond donors (Lipinski definition) is 3. The molecule has 1 fully saturated rings. The van der Waals surface area contributed by atoms with Crippen LogP contribution in [0.4, 0.5) is 16.0 Å². The minimum Gasteiger partial charge on any atom is -0.497 e. The summed E-state index contributed by atoms with van der Waals surface area (Å²) in [6, 6.07) is 3.67. The summed E-state index contributed by atoms with van der Waals surface area (Å²) in [5, 5.41) is 13.5. The molecule has 3 heterocycles. The zero-order valence-corrected chi connectivity index (χ0v) is 23.8. The number of ether oxygens (including phenoxy) is 1. The van der Waals surface area contributed by atoms with Gasteiger partial charge >= 0.3 is 0 Å². The molecule has 0 bridgehead atoms. The highest BCUT2D eigenvalue weighted by atomic mass is 35.5. The number of amidine groups is 1. The summed E-state index contributed by atoms with van der Waals surface area (Å²) >= 11 is 5.76. The van der Waals surface area contributed by atoms with Crippen LogP contribution >= 0.6 is 11.6 Å². The minimum absolute atomic E-state index is 0.0615. The zero-order chi connectivity index (χ0) is 29.2. The van der Waals surface area contributed by atoms with Gasteiger partial charge in [0.15, 0.2) is 5.84 Å². The van der Waals surface area contributed by atoms with Crippen molar-refractivity contribution in [2.75, 3.05) is 38.2 Å². The minimum atomic E-state index is -0.609. The fraction of sp³-hybridized carbons (Fsp3) is 0.393. The van der Waals surface area contributed by atoms with Crippen LogP contribution in [0.25, 0.3) is 0 Å². The number of halogens is 2. The lowest BCUT2D eigenvalue weighted by Crippen LogP contribution is -2.38. The van der Waals surface area contributed by atoms with Gasteiger partial charge in [0.25, 0.3) is 5.91 Å². The Morgan fingerprint density at radius 3 is 2.76 bits per heavy atom. The normalized spacial score (nSPS) is 18.6. The number of amides is 1. The van der Waals surface area contributed by atoms with Crippen LogP contribution in [-0.4, -0.2) is 75.9 Å². The molecule has 0 unspecified atom stereocenters. The van der Waals surface area contributed by atoms with E-state index in [0.717, 1.165) is 50.7 Å². The van der Waals surface area contributed by atoms with Gasteiger partial charge < -0.3 is 14.7 Å². The van der Waals surface area contributed by atoms with Gasteiger partial charge in [-0.15, -0.1) is 0 Å². The first kappa shape index (κ1) is 30.1. The molecule has 0 atom stereocenters. The lowest BCUT2D eigenvalue weighted by Gasteiger charge is -2.31. The summed E-state index contributed by atoms with van der Waals surface area (Å²) in [6.07, 6.45) is 11.2. The molecule has 2 aromatic rings. The molecule has 13 heteroatoms. The maximum atomic E-state index is 13.4. The molecule has 0 saturated carbocycles. The highest BCUT2D eigenvalue weighted by Gasteiger charge is 2.19. The van der Waals surface area contributed by atoms with E-state index in [4.69, 9.17) is 16.3 Å². The maximum absolute atomic E-state index is 13.4. The summed E-state index contributed by atoms with van der Waals surface area (Å²) in [5.74, 6) is 0.540. The summed E-state index contributed by atoms with van der Waals surface area (Å²) in [6.45, 7) is 7.68. The van der Waals surface area contributed by atoms with E-state index in [1.807, 2.05) is 26.1 Å². The van der Waals surface area contributed by atoms with Gasteiger partial charge in [0.1, 0.15) is 29.3 Å². The number of anilines is 1. The van der Waals surface area contributed by atoms with Crippen LogP contribution in [0.1, 0.15) is 43.5 Å². The number of aliphatic hydroxyl groups is 1. The van der Waals surface area contributed by atoms with Crippen LogP contribution in [0.5, 0.6) is 0 Å². The van der Waals surface area contributed by atoms with Crippen molar-refractivity contribution in [2.24, 2.45) is 15.9 Å². The first-order valence-electron chi connectivity index (χ1n) is 13.4. The number of hydrogen-bond acceptors (Lipinski definition) is 9. The second-order valence-corrected chi connectivity index (χ2v) is 10.0. The van der Waals surface area contributed by atoms with Crippen LogP contribution in [0.15, 0.2) is 64.3 Å². The fourth-order valence-corrected chi connectivity index (χ4v) is 4.55. The Balaban J connectivity index is 1.30. The lowest BCUT2D eigenvalue weighted by molar-refractivity contribution is 0.102. The number of rotatable bonds is 10. The Labute approximate surface area is 243 Å². The van der Waals surface area contributed by atoms with E-state index in [0.29, 0.717) is 29.7 Å². The summed E-state index contributed by atoms with van der Waals surface area (Å²) < 4.78 is 19.3. The van der Waals surface area contributed by atoms with E-state index in [1.54, 1.807) is 5.01 Å². The first-order chi connectivity index (χ1) is 19.9. The number of likely N-dealkylation sites (tertiary alicyclic amines) is 1. The number of aromatic nitrogens is 2. The smallest absolute Gasteiger partial charge is 0.258 e. The molecule has 0 radical (unpaired) electrons. The van der Waals surface area contributed by atoms with Gasteiger partial charge in [0, 0.05) is 18.7 Å². The molecule has 0 aliphatic carbocycles. The predicted molar refractivity (Wildman–Crippen MR) is 156 cm³/mol. The van der Waals surface area contributed by atoms with Crippen LogP contribution in [0, 0.1) is 11.7 Å². The third-order valence-electron chi connectivity index (χ3n) is 6.65. The number of hydrazine groups is 1. The number of nitrogens with zero attached hydrogens (tertiary/aromatic N) is 6. The van der Waals surface area contributed by atoms with Crippen molar-refractivity contribution in [3.63, 3.8) is 0 Å². The van der Waals surface area contributed by atoms with Gasteiger partial charge in [0.05, 0.1) is 30.2 Å². The Kier molecular flexibility index (Phi) is 10.8. The van der Waals surface area contributed by atoms with Gasteiger partial charge in [-0.25, -0.2) is 24.3 Å². The second-order valence-electron chi connectivity index (χ2n) is 9.62. The number of aliphatic hydroxyl groups excluding tert-OH is 1. The standard InChI is InChI=1S/C28H34ClFN8O3/c1-3-25-26(35-22-14-31-28(32-15-22)36-27(40)21-5-6-24(30)23(29)13-21)33-18-34-38(25)16-19(2)41-12-4-9-37-10-7-20(17-39)8-11-37/h3,5-6,13-16,18,20,39H,4,7-12,17H2,1-2H3,(H,33,34,35)(H,31,32,36,40)/b19-16+,25-3+. The maximum Gasteiger partial charge on any atom is 0.258 e. The van der Waals surface area contributed by atoms with Gasteiger partial charge in [-0.3, -0.25) is 20.5 Å². The molecule has 1 amide bonds. The number of carbonyl (C=O) groups excluding carboxylic acids is 1. The van der Waals surface area contributed by atoms with E-state index in [1.165, 1.54) is 30.9 Å². The van der Waals surface area contributed by atoms with Gasteiger partial charge in [-0.2, -0.15) is 0 Å². The molecule has 3 N–H and O–H groups in total. The molecular weight excluding hydrogens is 551 g/mol. The number of nitrogens with one attached hydrogen (secondary N) is 2. The molecule has 1 aromatic carbocycles. The summed E-state index contributed by atoms with van der Waals surface area (Å²) in [7, 11) is 0. The van der Waals surface area contributed by atoms with Crippen LogP contribution in [0.2, 0.25) is 5.02 Å². The highest BCUT2D eigenvalue weighted by Crippen LogP contribution is 2.20. The Morgan fingerprint density at radius 1 is 1.32 bits per heavy atom. The van der Waals surface area contributed by atoms with Crippen molar-refractivity contribution in [3.05, 3.63) is 70.7 Å². The van der Waals surface area contributed by atoms with E-state index in [-0.39, 0.29) is 23.1 Å². The SMILES string of the molecule is C/C=C1\C(=Nc2cnc(NC(=O)c3ccc(F)c(Cl)c3)nc2)N=CNN1/C=C(\C)OCCCN1CCC(CO)CC1. The average Bonchev–Trinajstić information content (AvgIpc) is 2.98. The van der Waals surface area contributed by atoms with E-state index >= 15 is 0 Å². The van der Waals surface area contributed by atoms with Crippen molar-refractivity contribution >= 4 is 41.3 Å². The topological polar surface area (TPSA) is 128 Å². The van der Waals surface area contributed by atoms with Gasteiger partial charge in [0.2, 0.25) is 5.95 Å². The molecule has 2 aliphatic heterocycles. The largest absolute Gasteiger partial charge is 0.497 e. The molecule has 0 spiro atoms. The zero-order valence-electron chi connectivity index (χ0n) is 23.1. The third-order valence-corrected chi connectivity index (χ3v) is 6.94. The first-order valence-corrected chi connectivity index (χ1v) is 13.8. The molecule has 4 rings (SSSR count). The Hall–Kier alpha value is -3.87. The molecule has 1 aromatic heterocycles. The molecular formula is C28H34ClFN8O3. The number of piperidine rings is 1. The van der Waals surface area contributed by atoms with Crippen molar-refractivity contribution < 1.29 is 19.0 Å². The molecule has 2 aliphatic rings. The second kappa shape index (κ2) is 14.7. The Morgan fingerprint density at radius 2 is 2.07 bits per heavy atom. The summed E-state index contributed by atoms with van der Waals surface area (Å²) in [4.78, 5) is 32.0. The number of benzene rings is 1. The van der Waals surface area contributed by atoms with Gasteiger partial charge in [-0.05, 0) is 70.3 Å². The molecule has 11 nitrogen and oxygen atoms in total. The Bertz CT molecular complexity index is 1320. The van der Waals surface area contributed by atoms with Crippen LogP contribution < -0.4 is 10.7 Å². The number of allylic oxidation sites excluding steroid dienone is 2. The molecule has 41 heavy (non-hydrogen) atoms.